The van der Waals surface area contributed by atoms with Crippen LogP contribution in [0, 0.1) is 13.8 Å². The molecule has 2 aromatic rings. The summed E-state index contributed by atoms with van der Waals surface area (Å²) < 4.78 is 0. The van der Waals surface area contributed by atoms with Gasteiger partial charge >= 0.3 is 0 Å². The lowest BCUT2D eigenvalue weighted by atomic mass is 9.90. The molecule has 2 atom stereocenters. The number of nitrogens with zero attached hydrogens (tertiary/aromatic N) is 1. The standard InChI is InChI=1S/C26H31NO2/c1-6-24-19(3)14-18(2)15-25(24)26-13-12-23(22-10-8-7-9-11-22)17-27(26)29-21(5)16-20(4)28/h7-17,20,26,28H,6H2,1-5H3/b21-16-. The lowest BCUT2D eigenvalue weighted by Crippen LogP contribution is -2.26. The Labute approximate surface area is 174 Å². The summed E-state index contributed by atoms with van der Waals surface area (Å²) in [5.74, 6) is 0.673. The topological polar surface area (TPSA) is 32.7 Å². The number of aliphatic hydroxyl groups excluding tert-OH is 1. The molecule has 0 radical (unpaired) electrons. The molecule has 3 heteroatoms. The summed E-state index contributed by atoms with van der Waals surface area (Å²) in [7, 11) is 0. The van der Waals surface area contributed by atoms with Gasteiger partial charge in [0.25, 0.3) is 0 Å². The average Bonchev–Trinajstić information content (AvgIpc) is 2.67. The molecule has 1 heterocycles. The Morgan fingerprint density at radius 1 is 1.21 bits per heavy atom. The number of hydrogen-bond acceptors (Lipinski definition) is 3. The predicted molar refractivity (Wildman–Crippen MR) is 120 cm³/mol. The maximum atomic E-state index is 9.72. The minimum atomic E-state index is -0.557. The highest BCUT2D eigenvalue weighted by Crippen LogP contribution is 2.35. The zero-order chi connectivity index (χ0) is 21.0. The molecule has 0 saturated carbocycles. The zero-order valence-electron chi connectivity index (χ0n) is 18.0. The second kappa shape index (κ2) is 9.15. The summed E-state index contributed by atoms with van der Waals surface area (Å²) >= 11 is 0. The van der Waals surface area contributed by atoms with E-state index in [2.05, 4.69) is 63.4 Å². The van der Waals surface area contributed by atoms with Crippen molar-refractivity contribution in [2.24, 2.45) is 0 Å². The van der Waals surface area contributed by atoms with E-state index in [0.29, 0.717) is 5.76 Å². The first-order chi connectivity index (χ1) is 13.9. The van der Waals surface area contributed by atoms with Gasteiger partial charge in [-0.25, -0.2) is 5.06 Å². The molecule has 152 valence electrons. The monoisotopic (exact) mass is 389 g/mol. The zero-order valence-corrected chi connectivity index (χ0v) is 18.0. The lowest BCUT2D eigenvalue weighted by molar-refractivity contribution is -0.0984. The maximum absolute atomic E-state index is 9.72. The van der Waals surface area contributed by atoms with Gasteiger partial charge in [-0.2, -0.15) is 0 Å². The van der Waals surface area contributed by atoms with Crippen LogP contribution in [0.25, 0.3) is 5.57 Å². The Morgan fingerprint density at radius 3 is 2.59 bits per heavy atom. The van der Waals surface area contributed by atoms with Gasteiger partial charge in [0.2, 0.25) is 0 Å². The number of hydroxylamine groups is 2. The largest absolute Gasteiger partial charge is 0.389 e. The summed E-state index contributed by atoms with van der Waals surface area (Å²) in [5, 5.41) is 11.6. The van der Waals surface area contributed by atoms with Crippen LogP contribution in [0.1, 0.15) is 54.6 Å². The van der Waals surface area contributed by atoms with E-state index in [9.17, 15) is 5.11 Å². The van der Waals surface area contributed by atoms with Crippen LogP contribution in [-0.4, -0.2) is 16.3 Å². The van der Waals surface area contributed by atoms with Gasteiger partial charge in [-0.05, 0) is 62.4 Å². The van der Waals surface area contributed by atoms with Gasteiger partial charge in [0.1, 0.15) is 11.8 Å². The Hall–Kier alpha value is -2.78. The van der Waals surface area contributed by atoms with E-state index in [0.717, 1.165) is 17.6 Å². The number of aryl methyl sites for hydroxylation is 2. The Balaban J connectivity index is 2.05. The second-order valence-electron chi connectivity index (χ2n) is 7.73. The Morgan fingerprint density at radius 2 is 1.93 bits per heavy atom. The third kappa shape index (κ3) is 4.99. The van der Waals surface area contributed by atoms with Gasteiger partial charge < -0.3 is 9.94 Å². The van der Waals surface area contributed by atoms with E-state index in [1.165, 1.54) is 22.3 Å². The normalized spacial score (nSPS) is 17.9. The highest BCUT2D eigenvalue weighted by Gasteiger charge is 2.24. The molecule has 3 nitrogen and oxygen atoms in total. The predicted octanol–water partition coefficient (Wildman–Crippen LogP) is 6.04. The number of hydrogen-bond donors (Lipinski definition) is 1. The molecule has 1 aliphatic rings. The highest BCUT2D eigenvalue weighted by molar-refractivity contribution is 5.74. The molecule has 0 amide bonds. The van der Waals surface area contributed by atoms with Gasteiger partial charge in [-0.1, -0.05) is 67.1 Å². The van der Waals surface area contributed by atoms with Crippen molar-refractivity contribution in [1.29, 1.82) is 0 Å². The quantitative estimate of drug-likeness (QED) is 0.612. The number of benzene rings is 2. The van der Waals surface area contributed by atoms with Gasteiger partial charge in [0.15, 0.2) is 0 Å². The van der Waals surface area contributed by atoms with E-state index in [-0.39, 0.29) is 6.04 Å². The van der Waals surface area contributed by atoms with Crippen molar-refractivity contribution in [3.8, 4) is 0 Å². The average molecular weight is 390 g/mol. The molecule has 1 N–H and O–H groups in total. The van der Waals surface area contributed by atoms with Crippen molar-refractivity contribution in [2.75, 3.05) is 0 Å². The fraction of sp³-hybridized carbons (Fsp3) is 0.308. The molecule has 0 saturated heterocycles. The maximum Gasteiger partial charge on any atom is 0.127 e. The first-order valence-electron chi connectivity index (χ1n) is 10.3. The first-order valence-corrected chi connectivity index (χ1v) is 10.3. The summed E-state index contributed by atoms with van der Waals surface area (Å²) in [6, 6.07) is 14.8. The highest BCUT2D eigenvalue weighted by atomic mass is 16.7. The summed E-state index contributed by atoms with van der Waals surface area (Å²) in [6.45, 7) is 10.1. The van der Waals surface area contributed by atoms with E-state index in [1.807, 2.05) is 30.2 Å². The SMILES string of the molecule is CCc1c(C)cc(C)cc1C1C=CC(c2ccccc2)=CN1O/C(C)=C\C(C)O. The number of aliphatic hydroxyl groups is 1. The molecule has 2 aromatic carbocycles. The van der Waals surface area contributed by atoms with E-state index in [4.69, 9.17) is 4.84 Å². The molecule has 0 fully saturated rings. The molecular formula is C26H31NO2. The third-order valence-electron chi connectivity index (χ3n) is 5.16. The van der Waals surface area contributed by atoms with Crippen LogP contribution >= 0.6 is 0 Å². The molecule has 0 aliphatic carbocycles. The van der Waals surface area contributed by atoms with Crippen LogP contribution in [0.5, 0.6) is 0 Å². The van der Waals surface area contributed by atoms with Crippen LogP contribution in [0.4, 0.5) is 0 Å². The van der Waals surface area contributed by atoms with Crippen molar-refractivity contribution < 1.29 is 9.94 Å². The molecular weight excluding hydrogens is 358 g/mol. The summed E-state index contributed by atoms with van der Waals surface area (Å²) in [6.07, 6.45) is 8.55. The van der Waals surface area contributed by atoms with Gasteiger partial charge in [0.05, 0.1) is 6.10 Å². The Bertz CT molecular complexity index is 939. The van der Waals surface area contributed by atoms with Crippen molar-refractivity contribution in [2.45, 2.75) is 53.2 Å². The minimum Gasteiger partial charge on any atom is -0.389 e. The van der Waals surface area contributed by atoms with Crippen molar-refractivity contribution in [3.05, 3.63) is 100 Å². The molecule has 0 bridgehead atoms. The van der Waals surface area contributed by atoms with E-state index in [1.54, 1.807) is 13.0 Å². The van der Waals surface area contributed by atoms with Gasteiger partial charge in [-0.3, -0.25) is 0 Å². The number of allylic oxidation sites excluding steroid dienone is 3. The van der Waals surface area contributed by atoms with Gasteiger partial charge in [0, 0.05) is 11.8 Å². The van der Waals surface area contributed by atoms with Crippen LogP contribution in [-0.2, 0) is 11.3 Å². The molecule has 1 aliphatic heterocycles. The first kappa shape index (κ1) is 20.9. The van der Waals surface area contributed by atoms with Crippen LogP contribution < -0.4 is 0 Å². The van der Waals surface area contributed by atoms with Crippen molar-refractivity contribution in [1.82, 2.24) is 5.06 Å². The Kier molecular flexibility index (Phi) is 6.60. The molecule has 29 heavy (non-hydrogen) atoms. The molecule has 3 rings (SSSR count). The molecule has 0 aromatic heterocycles. The second-order valence-corrected chi connectivity index (χ2v) is 7.73. The van der Waals surface area contributed by atoms with Crippen LogP contribution in [0.3, 0.4) is 0 Å². The minimum absolute atomic E-state index is 0.0339. The van der Waals surface area contributed by atoms with E-state index < -0.39 is 6.10 Å². The van der Waals surface area contributed by atoms with E-state index >= 15 is 0 Å². The molecule has 2 unspecified atom stereocenters. The van der Waals surface area contributed by atoms with Crippen molar-refractivity contribution >= 4 is 5.57 Å². The summed E-state index contributed by atoms with van der Waals surface area (Å²) in [5.41, 5.74) is 7.40. The van der Waals surface area contributed by atoms with Crippen LogP contribution in [0.2, 0.25) is 0 Å². The van der Waals surface area contributed by atoms with Crippen molar-refractivity contribution in [3.63, 3.8) is 0 Å². The summed E-state index contributed by atoms with van der Waals surface area (Å²) in [4.78, 5) is 6.21. The lowest BCUT2D eigenvalue weighted by Gasteiger charge is -2.33. The fourth-order valence-corrected chi connectivity index (χ4v) is 3.98. The van der Waals surface area contributed by atoms with Crippen LogP contribution in [0.15, 0.2) is 72.7 Å². The number of rotatable bonds is 6. The smallest absolute Gasteiger partial charge is 0.127 e. The fourth-order valence-electron chi connectivity index (χ4n) is 3.98. The molecule has 0 spiro atoms. The van der Waals surface area contributed by atoms with Gasteiger partial charge in [-0.15, -0.1) is 0 Å². The third-order valence-corrected chi connectivity index (χ3v) is 5.16.